The van der Waals surface area contributed by atoms with Crippen molar-refractivity contribution in [3.63, 3.8) is 0 Å². The quantitative estimate of drug-likeness (QED) is 0.591. The molecule has 3 N–H and O–H groups in total. The molecule has 1 aliphatic heterocycles. The second kappa shape index (κ2) is 6.73. The first-order chi connectivity index (χ1) is 8.75. The van der Waals surface area contributed by atoms with Gasteiger partial charge in [0.05, 0.1) is 0 Å². The standard InChI is InChI=1S/C13H23N3O2/c17-12(9-11-3-1-2-6-14-11)15-7-8-16-13(18)10-4-5-10/h10-11,14H,1-9H2,(H,15,17)(H,16,18). The molecule has 5 nitrogen and oxygen atoms in total. The smallest absolute Gasteiger partial charge is 0.223 e. The summed E-state index contributed by atoms with van der Waals surface area (Å²) < 4.78 is 0. The Morgan fingerprint density at radius 2 is 1.83 bits per heavy atom. The average molecular weight is 253 g/mol. The molecular weight excluding hydrogens is 230 g/mol. The van der Waals surface area contributed by atoms with E-state index in [1.54, 1.807) is 0 Å². The number of piperidine rings is 1. The molecule has 1 atom stereocenters. The Balaban J connectivity index is 1.49. The Labute approximate surface area is 108 Å². The lowest BCUT2D eigenvalue weighted by molar-refractivity contribution is -0.123. The van der Waals surface area contributed by atoms with Gasteiger partial charge in [-0.2, -0.15) is 0 Å². The highest BCUT2D eigenvalue weighted by Crippen LogP contribution is 2.28. The highest BCUT2D eigenvalue weighted by molar-refractivity contribution is 5.81. The minimum absolute atomic E-state index is 0.0788. The van der Waals surface area contributed by atoms with E-state index < -0.39 is 0 Å². The number of amides is 2. The van der Waals surface area contributed by atoms with Crippen molar-refractivity contribution in [1.82, 2.24) is 16.0 Å². The molecule has 18 heavy (non-hydrogen) atoms. The second-order valence-electron chi connectivity index (χ2n) is 5.27. The predicted molar refractivity (Wildman–Crippen MR) is 69.0 cm³/mol. The van der Waals surface area contributed by atoms with Crippen molar-refractivity contribution in [2.24, 2.45) is 5.92 Å². The van der Waals surface area contributed by atoms with Crippen molar-refractivity contribution in [3.8, 4) is 0 Å². The van der Waals surface area contributed by atoms with E-state index in [9.17, 15) is 9.59 Å². The fourth-order valence-corrected chi connectivity index (χ4v) is 2.27. The molecule has 1 unspecified atom stereocenters. The zero-order chi connectivity index (χ0) is 12.8. The minimum Gasteiger partial charge on any atom is -0.354 e. The summed E-state index contributed by atoms with van der Waals surface area (Å²) in [4.78, 5) is 23.0. The largest absolute Gasteiger partial charge is 0.354 e. The van der Waals surface area contributed by atoms with E-state index in [0.717, 1.165) is 25.8 Å². The van der Waals surface area contributed by atoms with Gasteiger partial charge in [-0.15, -0.1) is 0 Å². The van der Waals surface area contributed by atoms with Gasteiger partial charge in [-0.25, -0.2) is 0 Å². The third kappa shape index (κ3) is 4.64. The van der Waals surface area contributed by atoms with Crippen LogP contribution in [0.25, 0.3) is 0 Å². The maximum Gasteiger partial charge on any atom is 0.223 e. The zero-order valence-corrected chi connectivity index (χ0v) is 10.8. The van der Waals surface area contributed by atoms with Crippen molar-refractivity contribution in [3.05, 3.63) is 0 Å². The Morgan fingerprint density at radius 3 is 2.50 bits per heavy atom. The molecule has 5 heteroatoms. The van der Waals surface area contributed by atoms with Crippen LogP contribution in [0.1, 0.15) is 38.5 Å². The third-order valence-electron chi connectivity index (χ3n) is 3.54. The van der Waals surface area contributed by atoms with Crippen molar-refractivity contribution in [2.75, 3.05) is 19.6 Å². The van der Waals surface area contributed by atoms with E-state index >= 15 is 0 Å². The molecule has 2 fully saturated rings. The van der Waals surface area contributed by atoms with Crippen LogP contribution in [0, 0.1) is 5.92 Å². The molecule has 0 bridgehead atoms. The second-order valence-corrected chi connectivity index (χ2v) is 5.27. The van der Waals surface area contributed by atoms with Gasteiger partial charge in [0.15, 0.2) is 0 Å². The van der Waals surface area contributed by atoms with E-state index in [1.807, 2.05) is 0 Å². The van der Waals surface area contributed by atoms with Crippen molar-refractivity contribution in [2.45, 2.75) is 44.6 Å². The summed E-state index contributed by atoms with van der Waals surface area (Å²) in [5, 5.41) is 9.04. The van der Waals surface area contributed by atoms with E-state index in [2.05, 4.69) is 16.0 Å². The molecule has 2 aliphatic rings. The molecule has 1 saturated heterocycles. The van der Waals surface area contributed by atoms with Gasteiger partial charge < -0.3 is 16.0 Å². The van der Waals surface area contributed by atoms with E-state index in [-0.39, 0.29) is 17.7 Å². The number of carbonyl (C=O) groups excluding carboxylic acids is 2. The van der Waals surface area contributed by atoms with Gasteiger partial charge in [-0.3, -0.25) is 9.59 Å². The molecule has 0 aromatic heterocycles. The highest BCUT2D eigenvalue weighted by atomic mass is 16.2. The molecule has 2 amide bonds. The molecule has 1 saturated carbocycles. The summed E-state index contributed by atoms with van der Waals surface area (Å²) >= 11 is 0. The summed E-state index contributed by atoms with van der Waals surface area (Å²) in [5.41, 5.74) is 0. The monoisotopic (exact) mass is 253 g/mol. The van der Waals surface area contributed by atoms with Crippen LogP contribution in [0.2, 0.25) is 0 Å². The molecule has 1 aliphatic carbocycles. The fourth-order valence-electron chi connectivity index (χ4n) is 2.27. The fraction of sp³-hybridized carbons (Fsp3) is 0.846. The summed E-state index contributed by atoms with van der Waals surface area (Å²) in [6, 6.07) is 0.333. The van der Waals surface area contributed by atoms with Gasteiger partial charge in [0.2, 0.25) is 11.8 Å². The van der Waals surface area contributed by atoms with Gasteiger partial charge in [-0.05, 0) is 32.2 Å². The molecule has 0 aromatic carbocycles. The number of hydrogen-bond donors (Lipinski definition) is 3. The first kappa shape index (κ1) is 13.3. The molecule has 0 spiro atoms. The number of carbonyl (C=O) groups is 2. The van der Waals surface area contributed by atoms with Crippen LogP contribution in [0.4, 0.5) is 0 Å². The van der Waals surface area contributed by atoms with Crippen molar-refractivity contribution < 1.29 is 9.59 Å². The Morgan fingerprint density at radius 1 is 1.06 bits per heavy atom. The van der Waals surface area contributed by atoms with Gasteiger partial charge in [0.25, 0.3) is 0 Å². The molecule has 102 valence electrons. The lowest BCUT2D eigenvalue weighted by Gasteiger charge is -2.22. The normalized spacial score (nSPS) is 23.4. The summed E-state index contributed by atoms with van der Waals surface area (Å²) in [7, 11) is 0. The summed E-state index contributed by atoms with van der Waals surface area (Å²) in [6.07, 6.45) is 6.10. The first-order valence-electron chi connectivity index (χ1n) is 7.03. The van der Waals surface area contributed by atoms with Crippen LogP contribution < -0.4 is 16.0 Å². The molecule has 0 radical (unpaired) electrons. The Bertz CT molecular complexity index is 297. The Kier molecular flexibility index (Phi) is 4.99. The van der Waals surface area contributed by atoms with Gasteiger partial charge >= 0.3 is 0 Å². The van der Waals surface area contributed by atoms with Crippen LogP contribution in [0.15, 0.2) is 0 Å². The van der Waals surface area contributed by atoms with Gasteiger partial charge in [-0.1, -0.05) is 6.42 Å². The average Bonchev–Trinajstić information content (AvgIpc) is 3.20. The van der Waals surface area contributed by atoms with Crippen LogP contribution in [0.3, 0.4) is 0 Å². The minimum atomic E-state index is 0.0788. The van der Waals surface area contributed by atoms with Crippen LogP contribution in [-0.4, -0.2) is 37.5 Å². The molecule has 2 rings (SSSR count). The highest BCUT2D eigenvalue weighted by Gasteiger charge is 2.29. The maximum absolute atomic E-state index is 11.6. The SMILES string of the molecule is O=C(CC1CCCCN1)NCCNC(=O)C1CC1. The summed E-state index contributed by atoms with van der Waals surface area (Å²) in [5.74, 6) is 0.459. The predicted octanol–water partition coefficient (Wildman–Crippen LogP) is 0.161. The molecular formula is C13H23N3O2. The number of rotatable bonds is 6. The van der Waals surface area contributed by atoms with Gasteiger partial charge in [0, 0.05) is 31.5 Å². The van der Waals surface area contributed by atoms with Crippen LogP contribution >= 0.6 is 0 Å². The van der Waals surface area contributed by atoms with E-state index in [4.69, 9.17) is 0 Å². The van der Waals surface area contributed by atoms with Crippen LogP contribution in [0.5, 0.6) is 0 Å². The lowest BCUT2D eigenvalue weighted by Crippen LogP contribution is -2.40. The number of nitrogens with one attached hydrogen (secondary N) is 3. The lowest BCUT2D eigenvalue weighted by atomic mass is 10.0. The van der Waals surface area contributed by atoms with E-state index in [0.29, 0.717) is 25.6 Å². The third-order valence-corrected chi connectivity index (χ3v) is 3.54. The number of hydrogen-bond acceptors (Lipinski definition) is 3. The van der Waals surface area contributed by atoms with E-state index in [1.165, 1.54) is 12.8 Å². The van der Waals surface area contributed by atoms with Crippen molar-refractivity contribution in [1.29, 1.82) is 0 Å². The molecule has 1 heterocycles. The zero-order valence-electron chi connectivity index (χ0n) is 10.8. The maximum atomic E-state index is 11.6. The molecule has 0 aromatic rings. The topological polar surface area (TPSA) is 70.2 Å². The van der Waals surface area contributed by atoms with Crippen molar-refractivity contribution >= 4 is 11.8 Å². The first-order valence-corrected chi connectivity index (χ1v) is 7.03. The van der Waals surface area contributed by atoms with Crippen LogP contribution in [-0.2, 0) is 9.59 Å². The summed E-state index contributed by atoms with van der Waals surface area (Å²) in [6.45, 7) is 2.10. The van der Waals surface area contributed by atoms with Gasteiger partial charge in [0.1, 0.15) is 0 Å². The Hall–Kier alpha value is -1.10.